The summed E-state index contributed by atoms with van der Waals surface area (Å²) in [6.45, 7) is 3.91. The van der Waals surface area contributed by atoms with E-state index in [0.717, 1.165) is 5.56 Å². The van der Waals surface area contributed by atoms with Crippen molar-refractivity contribution in [3.63, 3.8) is 0 Å². The van der Waals surface area contributed by atoms with Gasteiger partial charge in [-0.25, -0.2) is 8.42 Å². The van der Waals surface area contributed by atoms with Gasteiger partial charge in [-0.2, -0.15) is 4.72 Å². The number of hydrogen-bond donors (Lipinski definition) is 2. The van der Waals surface area contributed by atoms with Crippen LogP contribution in [0.1, 0.15) is 29.8 Å². The van der Waals surface area contributed by atoms with Crippen molar-refractivity contribution in [3.05, 3.63) is 59.7 Å². The first-order chi connectivity index (χ1) is 13.6. The van der Waals surface area contributed by atoms with Gasteiger partial charge < -0.3 is 10.1 Å². The highest BCUT2D eigenvalue weighted by Crippen LogP contribution is 2.16. The Labute approximate surface area is 169 Å². The summed E-state index contributed by atoms with van der Waals surface area (Å²) in [7, 11) is -3.88. The van der Waals surface area contributed by atoms with Crippen molar-refractivity contribution in [1.29, 1.82) is 0 Å². The Morgan fingerprint density at radius 1 is 1.03 bits per heavy atom. The molecule has 0 saturated heterocycles. The molecule has 0 heterocycles. The molecular formula is C20H22N2O6S. The molecule has 0 bridgehead atoms. The first-order valence-electron chi connectivity index (χ1n) is 8.77. The number of aryl methyl sites for hydroxylation is 1. The van der Waals surface area contributed by atoms with E-state index in [0.29, 0.717) is 11.3 Å². The molecule has 1 unspecified atom stereocenters. The molecule has 2 aromatic rings. The fraction of sp³-hybridized carbons (Fsp3) is 0.250. The molecule has 0 saturated carbocycles. The number of para-hydroxylation sites is 1. The fourth-order valence-electron chi connectivity index (χ4n) is 2.38. The summed E-state index contributed by atoms with van der Waals surface area (Å²) >= 11 is 0. The number of rotatable bonds is 8. The van der Waals surface area contributed by atoms with Crippen LogP contribution in [0.5, 0.6) is 0 Å². The molecule has 154 valence electrons. The first kappa shape index (κ1) is 22.3. The Kier molecular flexibility index (Phi) is 7.24. The van der Waals surface area contributed by atoms with Gasteiger partial charge in [0.15, 0.2) is 11.9 Å². The van der Waals surface area contributed by atoms with Gasteiger partial charge in [0.25, 0.3) is 5.91 Å². The Morgan fingerprint density at radius 3 is 2.28 bits per heavy atom. The predicted molar refractivity (Wildman–Crippen MR) is 107 cm³/mol. The number of carbonyl (C=O) groups excluding carboxylic acids is 3. The van der Waals surface area contributed by atoms with E-state index in [4.69, 9.17) is 4.74 Å². The van der Waals surface area contributed by atoms with Crippen LogP contribution in [0.2, 0.25) is 0 Å². The third kappa shape index (κ3) is 6.23. The molecule has 0 aromatic heterocycles. The molecule has 9 heteroatoms. The average molecular weight is 418 g/mol. The van der Waals surface area contributed by atoms with Gasteiger partial charge in [0.05, 0.1) is 10.6 Å². The Hall–Kier alpha value is -3.04. The highest BCUT2D eigenvalue weighted by Gasteiger charge is 2.21. The number of hydrogen-bond acceptors (Lipinski definition) is 6. The van der Waals surface area contributed by atoms with Crippen LogP contribution in [0, 0.1) is 6.92 Å². The van der Waals surface area contributed by atoms with E-state index in [-0.39, 0.29) is 10.7 Å². The van der Waals surface area contributed by atoms with Crippen molar-refractivity contribution < 1.29 is 27.5 Å². The van der Waals surface area contributed by atoms with Crippen molar-refractivity contribution in [2.24, 2.45) is 0 Å². The van der Waals surface area contributed by atoms with E-state index in [1.807, 2.05) is 6.92 Å². The smallest absolute Gasteiger partial charge is 0.321 e. The number of carbonyl (C=O) groups is 3. The molecule has 1 atom stereocenters. The van der Waals surface area contributed by atoms with Crippen LogP contribution < -0.4 is 10.0 Å². The van der Waals surface area contributed by atoms with Crippen LogP contribution in [0.4, 0.5) is 5.69 Å². The molecule has 0 aliphatic heterocycles. The second-order valence-corrected chi connectivity index (χ2v) is 8.13. The predicted octanol–water partition coefficient (Wildman–Crippen LogP) is 2.05. The summed E-state index contributed by atoms with van der Waals surface area (Å²) in [6, 6.07) is 12.6. The first-order valence-corrected chi connectivity index (χ1v) is 10.2. The minimum atomic E-state index is -3.88. The molecular weight excluding hydrogens is 396 g/mol. The molecule has 0 aliphatic carbocycles. The maximum atomic E-state index is 12.2. The lowest BCUT2D eigenvalue weighted by Crippen LogP contribution is -2.36. The molecule has 0 radical (unpaired) electrons. The van der Waals surface area contributed by atoms with E-state index >= 15 is 0 Å². The lowest BCUT2D eigenvalue weighted by molar-refractivity contribution is -0.151. The number of ether oxygens (including phenoxy) is 1. The lowest BCUT2D eigenvalue weighted by Gasteiger charge is -2.15. The Balaban J connectivity index is 1.92. The SMILES string of the molecule is CC(=O)c1ccccc1NC(=O)C(C)OC(=O)CNS(=O)(=O)c1ccc(C)cc1. The van der Waals surface area contributed by atoms with Gasteiger partial charge in [0.2, 0.25) is 10.0 Å². The van der Waals surface area contributed by atoms with Crippen LogP contribution in [0.25, 0.3) is 0 Å². The van der Waals surface area contributed by atoms with Crippen LogP contribution in [0.15, 0.2) is 53.4 Å². The molecule has 1 amide bonds. The van der Waals surface area contributed by atoms with E-state index in [1.165, 1.54) is 26.0 Å². The summed E-state index contributed by atoms with van der Waals surface area (Å²) in [4.78, 5) is 35.8. The third-order valence-corrected chi connectivity index (χ3v) is 5.40. The van der Waals surface area contributed by atoms with E-state index in [2.05, 4.69) is 10.0 Å². The average Bonchev–Trinajstić information content (AvgIpc) is 2.67. The van der Waals surface area contributed by atoms with Crippen LogP contribution >= 0.6 is 0 Å². The number of sulfonamides is 1. The molecule has 2 rings (SSSR count). The number of Topliss-reactive ketones (excluding diaryl/α,β-unsaturated/α-hetero) is 1. The maximum absolute atomic E-state index is 12.2. The largest absolute Gasteiger partial charge is 0.452 e. The highest BCUT2D eigenvalue weighted by molar-refractivity contribution is 7.89. The van der Waals surface area contributed by atoms with Gasteiger partial charge in [-0.05, 0) is 45.0 Å². The van der Waals surface area contributed by atoms with Gasteiger partial charge in [0.1, 0.15) is 6.54 Å². The topological polar surface area (TPSA) is 119 Å². The van der Waals surface area contributed by atoms with Gasteiger partial charge in [-0.1, -0.05) is 29.8 Å². The van der Waals surface area contributed by atoms with Crippen LogP contribution in [-0.2, 0) is 24.3 Å². The molecule has 29 heavy (non-hydrogen) atoms. The Morgan fingerprint density at radius 2 is 1.66 bits per heavy atom. The lowest BCUT2D eigenvalue weighted by atomic mass is 10.1. The number of ketones is 1. The van der Waals surface area contributed by atoms with Gasteiger partial charge in [-0.15, -0.1) is 0 Å². The molecule has 2 aromatic carbocycles. The standard InChI is InChI=1S/C20H22N2O6S/c1-13-8-10-16(11-9-13)29(26,27)21-12-19(24)28-15(3)20(25)22-18-7-5-4-6-17(18)14(2)23/h4-11,15,21H,12H2,1-3H3,(H,22,25). The zero-order valence-corrected chi connectivity index (χ0v) is 17.1. The molecule has 8 nitrogen and oxygen atoms in total. The van der Waals surface area contributed by atoms with Gasteiger partial charge in [-0.3, -0.25) is 14.4 Å². The number of esters is 1. The zero-order valence-electron chi connectivity index (χ0n) is 16.3. The van der Waals surface area contributed by atoms with E-state index in [9.17, 15) is 22.8 Å². The fourth-order valence-corrected chi connectivity index (χ4v) is 3.35. The zero-order chi connectivity index (χ0) is 21.6. The Bertz CT molecular complexity index is 1020. The van der Waals surface area contributed by atoms with Gasteiger partial charge >= 0.3 is 5.97 Å². The highest BCUT2D eigenvalue weighted by atomic mass is 32.2. The second kappa shape index (κ2) is 9.44. The number of benzene rings is 2. The number of anilines is 1. The summed E-state index contributed by atoms with van der Waals surface area (Å²) in [6.07, 6.45) is -1.19. The summed E-state index contributed by atoms with van der Waals surface area (Å²) in [5.74, 6) is -1.78. The number of nitrogens with one attached hydrogen (secondary N) is 2. The molecule has 2 N–H and O–H groups in total. The van der Waals surface area contributed by atoms with Crippen molar-refractivity contribution >= 4 is 33.4 Å². The van der Waals surface area contributed by atoms with Crippen molar-refractivity contribution in [2.75, 3.05) is 11.9 Å². The van der Waals surface area contributed by atoms with Gasteiger partial charge in [0, 0.05) is 5.56 Å². The van der Waals surface area contributed by atoms with Crippen LogP contribution in [0.3, 0.4) is 0 Å². The van der Waals surface area contributed by atoms with Crippen LogP contribution in [-0.4, -0.2) is 38.7 Å². The summed E-state index contributed by atoms with van der Waals surface area (Å²) < 4.78 is 31.5. The second-order valence-electron chi connectivity index (χ2n) is 6.36. The van der Waals surface area contributed by atoms with Crippen molar-refractivity contribution in [3.8, 4) is 0 Å². The molecule has 0 spiro atoms. The normalized spacial score (nSPS) is 12.1. The minimum absolute atomic E-state index is 0.0162. The summed E-state index contributed by atoms with van der Waals surface area (Å²) in [5, 5.41) is 2.52. The summed E-state index contributed by atoms with van der Waals surface area (Å²) in [5.41, 5.74) is 1.52. The van der Waals surface area contributed by atoms with E-state index in [1.54, 1.807) is 36.4 Å². The van der Waals surface area contributed by atoms with Crippen molar-refractivity contribution in [2.45, 2.75) is 31.8 Å². The monoisotopic (exact) mass is 418 g/mol. The molecule has 0 fully saturated rings. The third-order valence-electron chi connectivity index (χ3n) is 3.98. The quantitative estimate of drug-likeness (QED) is 0.500. The van der Waals surface area contributed by atoms with E-state index < -0.39 is 34.5 Å². The number of amides is 1. The maximum Gasteiger partial charge on any atom is 0.321 e. The molecule has 0 aliphatic rings. The van der Waals surface area contributed by atoms with Crippen molar-refractivity contribution in [1.82, 2.24) is 4.72 Å². The minimum Gasteiger partial charge on any atom is -0.452 e.